The molecule has 0 aliphatic heterocycles. The topological polar surface area (TPSA) is 43.4 Å². The van der Waals surface area contributed by atoms with Gasteiger partial charge in [0.2, 0.25) is 0 Å². The van der Waals surface area contributed by atoms with E-state index in [0.717, 1.165) is 15.6 Å². The molecule has 0 saturated carbocycles. The van der Waals surface area contributed by atoms with Crippen LogP contribution in [0.1, 0.15) is 18.1 Å². The van der Waals surface area contributed by atoms with Gasteiger partial charge in [-0.2, -0.15) is 0 Å². The lowest BCUT2D eigenvalue weighted by Crippen LogP contribution is -2.09. The van der Waals surface area contributed by atoms with Crippen LogP contribution in [0.2, 0.25) is 0 Å². The normalized spacial score (nSPS) is 10.2. The molecular weight excluding hydrogens is 364 g/mol. The number of hydrogen-bond acceptors (Lipinski definition) is 3. The Balaban J connectivity index is 2.84. The Hall–Kier alpha value is -0.680. The van der Waals surface area contributed by atoms with Crippen molar-refractivity contribution in [1.29, 1.82) is 0 Å². The molecule has 1 rings (SSSR count). The van der Waals surface area contributed by atoms with E-state index in [-0.39, 0.29) is 18.2 Å². The lowest BCUT2D eigenvalue weighted by atomic mass is 10.0. The molecule has 0 bridgehead atoms. The van der Waals surface area contributed by atoms with Gasteiger partial charge in [0.15, 0.2) is 0 Å². The molecule has 0 atom stereocenters. The van der Waals surface area contributed by atoms with Gasteiger partial charge < -0.3 is 4.74 Å². The van der Waals surface area contributed by atoms with Crippen molar-refractivity contribution in [3.05, 3.63) is 33.8 Å². The zero-order chi connectivity index (χ0) is 13.5. The van der Waals surface area contributed by atoms with Crippen LogP contribution in [0.15, 0.2) is 22.7 Å². The zero-order valence-electron chi connectivity index (χ0n) is 10.0. The molecule has 1 aromatic rings. The smallest absolute Gasteiger partial charge is 0.310 e. The molecule has 0 aliphatic rings. The fourth-order valence-electron chi connectivity index (χ4n) is 1.53. The quantitative estimate of drug-likeness (QED) is 0.565. The molecule has 0 amide bonds. The van der Waals surface area contributed by atoms with E-state index in [1.165, 1.54) is 0 Å². The van der Waals surface area contributed by atoms with Gasteiger partial charge in [-0.1, -0.05) is 50.1 Å². The fraction of sp³-hybridized carbons (Fsp3) is 0.385. The fourth-order valence-corrected chi connectivity index (χ4v) is 2.28. The number of ether oxygens (including phenoxy) is 1. The van der Waals surface area contributed by atoms with Gasteiger partial charge in [0.1, 0.15) is 5.78 Å². The molecule has 0 unspecified atom stereocenters. The van der Waals surface area contributed by atoms with Gasteiger partial charge in [-0.15, -0.1) is 0 Å². The average Bonchev–Trinajstić information content (AvgIpc) is 2.34. The second kappa shape index (κ2) is 7.69. The van der Waals surface area contributed by atoms with Gasteiger partial charge in [0.25, 0.3) is 0 Å². The maximum atomic E-state index is 11.4. The van der Waals surface area contributed by atoms with Crippen LogP contribution in [0.4, 0.5) is 0 Å². The highest BCUT2D eigenvalue weighted by molar-refractivity contribution is 9.10. The van der Waals surface area contributed by atoms with E-state index < -0.39 is 0 Å². The standard InChI is InChI=1S/C13H14Br2O3/c1-2-18-12(17)7-10-5-3-4-9(13(10)15)6-11(16)8-14/h3-5H,2,6-8H2,1H3. The van der Waals surface area contributed by atoms with Crippen molar-refractivity contribution in [1.82, 2.24) is 0 Å². The van der Waals surface area contributed by atoms with Crippen molar-refractivity contribution in [2.24, 2.45) is 0 Å². The second-order valence-electron chi connectivity index (χ2n) is 3.72. The van der Waals surface area contributed by atoms with Crippen LogP contribution in [0.3, 0.4) is 0 Å². The largest absolute Gasteiger partial charge is 0.466 e. The van der Waals surface area contributed by atoms with E-state index in [2.05, 4.69) is 31.9 Å². The van der Waals surface area contributed by atoms with E-state index in [9.17, 15) is 9.59 Å². The van der Waals surface area contributed by atoms with Crippen LogP contribution in [-0.2, 0) is 27.2 Å². The molecule has 1 aromatic carbocycles. The molecule has 5 heteroatoms. The third-order valence-corrected chi connectivity index (χ3v) is 3.98. The number of esters is 1. The molecule has 0 heterocycles. The minimum atomic E-state index is -0.262. The molecule has 0 N–H and O–H groups in total. The van der Waals surface area contributed by atoms with Crippen molar-refractivity contribution in [3.63, 3.8) is 0 Å². The monoisotopic (exact) mass is 376 g/mol. The third kappa shape index (κ3) is 4.53. The highest BCUT2D eigenvalue weighted by atomic mass is 79.9. The van der Waals surface area contributed by atoms with Gasteiger partial charge in [-0.25, -0.2) is 0 Å². The van der Waals surface area contributed by atoms with Gasteiger partial charge in [-0.05, 0) is 18.1 Å². The van der Waals surface area contributed by atoms with E-state index in [0.29, 0.717) is 18.4 Å². The van der Waals surface area contributed by atoms with Crippen LogP contribution >= 0.6 is 31.9 Å². The predicted molar refractivity (Wildman–Crippen MR) is 77.0 cm³/mol. The maximum absolute atomic E-state index is 11.4. The number of rotatable bonds is 6. The Morgan fingerprint density at radius 1 is 1.22 bits per heavy atom. The number of Topliss-reactive ketones (excluding diaryl/α,β-unsaturated/α-hetero) is 1. The van der Waals surface area contributed by atoms with Crippen molar-refractivity contribution < 1.29 is 14.3 Å². The summed E-state index contributed by atoms with van der Waals surface area (Å²) in [7, 11) is 0. The summed E-state index contributed by atoms with van der Waals surface area (Å²) in [5, 5.41) is 0.335. The lowest BCUT2D eigenvalue weighted by Gasteiger charge is -2.08. The number of hydrogen-bond donors (Lipinski definition) is 0. The summed E-state index contributed by atoms with van der Waals surface area (Å²) >= 11 is 6.58. The predicted octanol–water partition coefficient (Wildman–Crippen LogP) is 3.06. The number of benzene rings is 1. The Bertz CT molecular complexity index is 444. The summed E-state index contributed by atoms with van der Waals surface area (Å²) in [6.07, 6.45) is 0.563. The number of carbonyl (C=O) groups is 2. The van der Waals surface area contributed by atoms with E-state index in [1.807, 2.05) is 18.2 Å². The van der Waals surface area contributed by atoms with Gasteiger partial charge in [0.05, 0.1) is 18.4 Å². The van der Waals surface area contributed by atoms with Crippen molar-refractivity contribution in [2.75, 3.05) is 11.9 Å². The summed E-state index contributed by atoms with van der Waals surface area (Å²) in [5.74, 6) is -0.161. The highest BCUT2D eigenvalue weighted by Crippen LogP contribution is 2.23. The SMILES string of the molecule is CCOC(=O)Cc1cccc(CC(=O)CBr)c1Br. The van der Waals surface area contributed by atoms with Crippen LogP contribution in [0.5, 0.6) is 0 Å². The molecule has 0 spiro atoms. The highest BCUT2D eigenvalue weighted by Gasteiger charge is 2.12. The summed E-state index contributed by atoms with van der Waals surface area (Å²) in [4.78, 5) is 22.8. The zero-order valence-corrected chi connectivity index (χ0v) is 13.2. The number of carbonyl (C=O) groups excluding carboxylic acids is 2. The first-order chi connectivity index (χ1) is 8.58. The third-order valence-electron chi connectivity index (χ3n) is 2.34. The Kier molecular flexibility index (Phi) is 6.57. The van der Waals surface area contributed by atoms with Crippen molar-refractivity contribution >= 4 is 43.6 Å². The summed E-state index contributed by atoms with van der Waals surface area (Å²) < 4.78 is 5.72. The van der Waals surface area contributed by atoms with E-state index >= 15 is 0 Å². The average molecular weight is 378 g/mol. The first-order valence-electron chi connectivity index (χ1n) is 5.58. The summed E-state index contributed by atoms with van der Waals surface area (Å²) in [6.45, 7) is 2.15. The maximum Gasteiger partial charge on any atom is 0.310 e. The molecule has 0 aromatic heterocycles. The van der Waals surface area contributed by atoms with Crippen LogP contribution in [0.25, 0.3) is 0 Å². The minimum absolute atomic E-state index is 0.101. The molecule has 0 radical (unpaired) electrons. The Morgan fingerprint density at radius 3 is 2.39 bits per heavy atom. The summed E-state index contributed by atoms with van der Waals surface area (Å²) in [6, 6.07) is 5.57. The van der Waals surface area contributed by atoms with Gasteiger partial charge in [-0.3, -0.25) is 9.59 Å². The van der Waals surface area contributed by atoms with Crippen molar-refractivity contribution in [3.8, 4) is 0 Å². The van der Waals surface area contributed by atoms with E-state index in [1.54, 1.807) is 6.92 Å². The van der Waals surface area contributed by atoms with Gasteiger partial charge in [0, 0.05) is 10.9 Å². The van der Waals surface area contributed by atoms with Crippen molar-refractivity contribution in [2.45, 2.75) is 19.8 Å². The molecule has 0 fully saturated rings. The molecule has 18 heavy (non-hydrogen) atoms. The number of alkyl halides is 1. The molecular formula is C13H14Br2O3. The molecule has 0 aliphatic carbocycles. The lowest BCUT2D eigenvalue weighted by molar-refractivity contribution is -0.142. The minimum Gasteiger partial charge on any atom is -0.466 e. The number of ketones is 1. The first kappa shape index (κ1) is 15.4. The second-order valence-corrected chi connectivity index (χ2v) is 5.07. The van der Waals surface area contributed by atoms with Crippen LogP contribution in [0, 0.1) is 0 Å². The number of halogens is 2. The summed E-state index contributed by atoms with van der Waals surface area (Å²) in [5.41, 5.74) is 1.73. The van der Waals surface area contributed by atoms with E-state index in [4.69, 9.17) is 4.74 Å². The van der Waals surface area contributed by atoms with Crippen LogP contribution < -0.4 is 0 Å². The molecule has 98 valence electrons. The first-order valence-corrected chi connectivity index (χ1v) is 7.49. The van der Waals surface area contributed by atoms with Crippen LogP contribution in [-0.4, -0.2) is 23.7 Å². The Morgan fingerprint density at radius 2 is 1.83 bits per heavy atom. The molecule has 3 nitrogen and oxygen atoms in total. The Labute approximate surface area is 123 Å². The molecule has 0 saturated heterocycles. The van der Waals surface area contributed by atoms with Gasteiger partial charge >= 0.3 is 5.97 Å².